The number of nitrogens with one attached hydrogen (secondary N) is 1. The van der Waals surface area contributed by atoms with Crippen LogP contribution in [-0.2, 0) is 11.2 Å². The van der Waals surface area contributed by atoms with Crippen LogP contribution in [0.25, 0.3) is 6.08 Å². The molecule has 5 rings (SSSR count). The van der Waals surface area contributed by atoms with Crippen LogP contribution in [0, 0.1) is 0 Å². The van der Waals surface area contributed by atoms with Crippen molar-refractivity contribution in [3.63, 3.8) is 0 Å². The van der Waals surface area contributed by atoms with E-state index in [1.54, 1.807) is 0 Å². The average molecular weight is 334 g/mol. The van der Waals surface area contributed by atoms with E-state index in [1.165, 1.54) is 18.4 Å². The van der Waals surface area contributed by atoms with Crippen LogP contribution in [0.3, 0.4) is 0 Å². The van der Waals surface area contributed by atoms with Crippen molar-refractivity contribution < 1.29 is 4.79 Å². The first-order valence-electron chi connectivity index (χ1n) is 9.22. The summed E-state index contributed by atoms with van der Waals surface area (Å²) in [6, 6.07) is -0.243. The minimum atomic E-state index is -0.243. The Kier molecular flexibility index (Phi) is 3.30. The molecule has 1 saturated heterocycles. The summed E-state index contributed by atoms with van der Waals surface area (Å²) in [6.45, 7) is 0.725. The van der Waals surface area contributed by atoms with Gasteiger partial charge >= 0.3 is 0 Å². The Morgan fingerprint density at radius 1 is 1.28 bits per heavy atom. The normalized spacial score (nSPS) is 25.8. The molecule has 1 amide bonds. The van der Waals surface area contributed by atoms with Crippen LogP contribution < -0.4 is 10.2 Å². The Morgan fingerprint density at radius 3 is 2.96 bits per heavy atom. The van der Waals surface area contributed by atoms with Crippen LogP contribution in [-0.4, -0.2) is 34.0 Å². The number of amides is 1. The Balaban J connectivity index is 1.57. The first-order chi connectivity index (χ1) is 12.3. The van der Waals surface area contributed by atoms with E-state index >= 15 is 0 Å². The molecule has 5 heteroatoms. The van der Waals surface area contributed by atoms with Gasteiger partial charge < -0.3 is 10.2 Å². The summed E-state index contributed by atoms with van der Waals surface area (Å²) < 4.78 is 0. The second-order valence-corrected chi connectivity index (χ2v) is 7.48. The van der Waals surface area contributed by atoms with Gasteiger partial charge in [0, 0.05) is 24.7 Å². The van der Waals surface area contributed by atoms with E-state index in [9.17, 15) is 4.79 Å². The average Bonchev–Trinajstić information content (AvgIpc) is 3.30. The van der Waals surface area contributed by atoms with Crippen molar-refractivity contribution >= 4 is 17.8 Å². The van der Waals surface area contributed by atoms with Gasteiger partial charge in [0.25, 0.3) is 0 Å². The van der Waals surface area contributed by atoms with Gasteiger partial charge in [0.1, 0.15) is 17.7 Å². The fraction of sp³-hybridized carbons (Fsp3) is 0.450. The lowest BCUT2D eigenvalue weighted by molar-refractivity contribution is -0.123. The van der Waals surface area contributed by atoms with Gasteiger partial charge in [-0.2, -0.15) is 0 Å². The molecule has 2 aliphatic heterocycles. The molecule has 0 radical (unpaired) electrons. The number of aromatic nitrogens is 2. The molecule has 3 heterocycles. The molecule has 25 heavy (non-hydrogen) atoms. The van der Waals surface area contributed by atoms with E-state index in [-0.39, 0.29) is 17.5 Å². The number of carbonyl (C=O) groups is 1. The van der Waals surface area contributed by atoms with Gasteiger partial charge in [0.2, 0.25) is 5.91 Å². The van der Waals surface area contributed by atoms with Crippen LogP contribution in [0.4, 0.5) is 5.82 Å². The summed E-state index contributed by atoms with van der Waals surface area (Å²) in [5.74, 6) is 1.86. The van der Waals surface area contributed by atoms with Crippen molar-refractivity contribution in [2.75, 3.05) is 11.4 Å². The first kappa shape index (κ1) is 14.9. The zero-order valence-corrected chi connectivity index (χ0v) is 14.2. The third-order valence-electron chi connectivity index (χ3n) is 5.93. The summed E-state index contributed by atoms with van der Waals surface area (Å²) in [5.41, 5.74) is 2.31. The smallest absolute Gasteiger partial charge is 0.246 e. The molecule has 128 valence electrons. The molecule has 1 saturated carbocycles. The predicted octanol–water partition coefficient (Wildman–Crippen LogP) is 2.55. The quantitative estimate of drug-likeness (QED) is 0.903. The third kappa shape index (κ3) is 2.33. The van der Waals surface area contributed by atoms with Gasteiger partial charge in [-0.3, -0.25) is 4.79 Å². The monoisotopic (exact) mass is 334 g/mol. The minimum absolute atomic E-state index is 0.0102. The number of piperazine rings is 1. The Labute approximate surface area is 147 Å². The molecule has 1 aromatic heterocycles. The fourth-order valence-electron chi connectivity index (χ4n) is 4.66. The van der Waals surface area contributed by atoms with Crippen LogP contribution in [0.2, 0.25) is 0 Å². The highest BCUT2D eigenvalue weighted by Crippen LogP contribution is 2.43. The highest BCUT2D eigenvalue weighted by atomic mass is 16.2. The fourth-order valence-corrected chi connectivity index (χ4v) is 4.66. The lowest BCUT2D eigenvalue weighted by atomic mass is 9.87. The highest BCUT2D eigenvalue weighted by Gasteiger charge is 2.49. The van der Waals surface area contributed by atoms with E-state index in [1.807, 2.05) is 18.3 Å². The predicted molar refractivity (Wildman–Crippen MR) is 97.1 cm³/mol. The maximum Gasteiger partial charge on any atom is 0.246 e. The summed E-state index contributed by atoms with van der Waals surface area (Å²) in [7, 11) is 0. The van der Waals surface area contributed by atoms with Gasteiger partial charge in [0.05, 0.1) is 5.54 Å². The molecule has 1 N–H and O–H groups in total. The summed E-state index contributed by atoms with van der Waals surface area (Å²) >= 11 is 0. The highest BCUT2D eigenvalue weighted by molar-refractivity contribution is 5.93. The number of allylic oxidation sites excluding steroid dienone is 4. The molecule has 0 aromatic carbocycles. The lowest BCUT2D eigenvalue weighted by Crippen LogP contribution is -2.67. The third-order valence-corrected chi connectivity index (χ3v) is 5.93. The standard InChI is InChI=1S/C20H22N4O/c25-19-16-8-7-15-12-21-17(11-14-5-1-2-6-14)23-18(15)24(16)20(13-22-19)9-3-4-10-20/h1,5-8,12,16H,2-4,9-11,13H2,(H,22,25). The van der Waals surface area contributed by atoms with Gasteiger partial charge in [0.15, 0.2) is 0 Å². The van der Waals surface area contributed by atoms with Crippen LogP contribution in [0.5, 0.6) is 0 Å². The van der Waals surface area contributed by atoms with Crippen LogP contribution in [0.15, 0.2) is 36.1 Å². The van der Waals surface area contributed by atoms with Crippen molar-refractivity contribution in [2.45, 2.75) is 50.1 Å². The van der Waals surface area contributed by atoms with Gasteiger partial charge in [-0.1, -0.05) is 43.2 Å². The Hall–Kier alpha value is -2.43. The molecular weight excluding hydrogens is 312 g/mol. The molecule has 1 aromatic rings. The summed E-state index contributed by atoms with van der Waals surface area (Å²) in [5, 5.41) is 3.12. The molecule has 1 atom stereocenters. The largest absolute Gasteiger partial charge is 0.352 e. The zero-order valence-electron chi connectivity index (χ0n) is 14.2. The number of nitrogens with zero attached hydrogens (tertiary/aromatic N) is 3. The SMILES string of the molecule is O=C1NCC2(CCCC2)N2c3nc(CC4=CCC=C4)ncc3C=CC12. The number of anilines is 1. The number of hydrogen-bond acceptors (Lipinski definition) is 4. The first-order valence-corrected chi connectivity index (χ1v) is 9.22. The molecule has 1 spiro atoms. The maximum atomic E-state index is 12.5. The number of hydrogen-bond donors (Lipinski definition) is 1. The second-order valence-electron chi connectivity index (χ2n) is 7.48. The molecule has 2 fully saturated rings. The number of carbonyl (C=O) groups excluding carboxylic acids is 1. The second kappa shape index (κ2) is 5.55. The Bertz CT molecular complexity index is 817. The number of fused-ring (bicyclic) bond motifs is 4. The minimum Gasteiger partial charge on any atom is -0.352 e. The van der Waals surface area contributed by atoms with Gasteiger partial charge in [-0.15, -0.1) is 0 Å². The van der Waals surface area contributed by atoms with Gasteiger partial charge in [-0.05, 0) is 24.8 Å². The van der Waals surface area contributed by atoms with E-state index in [0.29, 0.717) is 0 Å². The molecule has 5 nitrogen and oxygen atoms in total. The molecule has 0 bridgehead atoms. The van der Waals surface area contributed by atoms with Crippen molar-refractivity contribution in [1.29, 1.82) is 0 Å². The number of rotatable bonds is 2. The van der Waals surface area contributed by atoms with E-state index in [0.717, 1.165) is 49.4 Å². The summed E-state index contributed by atoms with van der Waals surface area (Å²) in [6.07, 6.45) is 18.9. The van der Waals surface area contributed by atoms with E-state index in [2.05, 4.69) is 33.4 Å². The zero-order chi connectivity index (χ0) is 16.9. The van der Waals surface area contributed by atoms with Crippen molar-refractivity contribution in [1.82, 2.24) is 15.3 Å². The van der Waals surface area contributed by atoms with Gasteiger partial charge in [-0.25, -0.2) is 9.97 Å². The van der Waals surface area contributed by atoms with E-state index in [4.69, 9.17) is 4.98 Å². The molecule has 1 unspecified atom stereocenters. The van der Waals surface area contributed by atoms with Crippen molar-refractivity contribution in [3.05, 3.63) is 47.5 Å². The molecule has 4 aliphatic rings. The summed E-state index contributed by atoms with van der Waals surface area (Å²) in [4.78, 5) is 24.3. The van der Waals surface area contributed by atoms with Crippen molar-refractivity contribution in [2.24, 2.45) is 0 Å². The van der Waals surface area contributed by atoms with E-state index < -0.39 is 0 Å². The lowest BCUT2D eigenvalue weighted by Gasteiger charge is -2.50. The molecule has 2 aliphatic carbocycles. The topological polar surface area (TPSA) is 58.1 Å². The maximum absolute atomic E-state index is 12.5. The van der Waals surface area contributed by atoms with Crippen LogP contribution >= 0.6 is 0 Å². The Morgan fingerprint density at radius 2 is 2.16 bits per heavy atom. The molecular formula is C20H22N4O. The van der Waals surface area contributed by atoms with Crippen molar-refractivity contribution in [3.8, 4) is 0 Å². The van der Waals surface area contributed by atoms with Crippen LogP contribution in [0.1, 0.15) is 43.5 Å².